The maximum Gasteiger partial charge on any atom is 0.255 e. The summed E-state index contributed by atoms with van der Waals surface area (Å²) in [6, 6.07) is 9.26. The van der Waals surface area contributed by atoms with E-state index in [1.165, 1.54) is 37.4 Å². The number of methoxy groups -OCH3 is 1. The molecule has 22 heavy (non-hydrogen) atoms. The molecule has 0 aromatic heterocycles. The minimum absolute atomic E-state index is 0.00299. The number of hydrogen-bond acceptors (Lipinski definition) is 3. The summed E-state index contributed by atoms with van der Waals surface area (Å²) in [5.41, 5.74) is 0.0808. The van der Waals surface area contributed by atoms with Crippen LogP contribution in [0.4, 0.5) is 8.78 Å². The van der Waals surface area contributed by atoms with Crippen molar-refractivity contribution >= 4 is 5.91 Å². The number of halogens is 2. The van der Waals surface area contributed by atoms with E-state index in [1.54, 1.807) is 6.07 Å². The van der Waals surface area contributed by atoms with Crippen molar-refractivity contribution in [3.05, 3.63) is 65.2 Å². The number of amides is 1. The zero-order valence-corrected chi connectivity index (χ0v) is 11.8. The lowest BCUT2D eigenvalue weighted by Gasteiger charge is -2.14. The van der Waals surface area contributed by atoms with Crippen molar-refractivity contribution in [2.24, 2.45) is 0 Å². The van der Waals surface area contributed by atoms with Gasteiger partial charge in [-0.1, -0.05) is 18.2 Å². The Morgan fingerprint density at radius 2 is 2.00 bits per heavy atom. The second-order valence-electron chi connectivity index (χ2n) is 4.59. The maximum absolute atomic E-state index is 13.5. The van der Waals surface area contributed by atoms with E-state index >= 15 is 0 Å². The van der Waals surface area contributed by atoms with Crippen LogP contribution in [0.3, 0.4) is 0 Å². The van der Waals surface area contributed by atoms with Crippen LogP contribution in [0.1, 0.15) is 22.0 Å². The van der Waals surface area contributed by atoms with Crippen molar-refractivity contribution in [3.8, 4) is 5.75 Å². The smallest absolute Gasteiger partial charge is 0.255 e. The molecule has 0 saturated carbocycles. The molecule has 1 atom stereocenters. The van der Waals surface area contributed by atoms with Gasteiger partial charge in [-0.25, -0.2) is 8.78 Å². The van der Waals surface area contributed by atoms with E-state index in [0.29, 0.717) is 0 Å². The number of carbonyl (C=O) groups is 1. The number of carbonyl (C=O) groups excluding carboxylic acids is 1. The number of aliphatic hydroxyl groups is 1. The molecule has 2 N–H and O–H groups in total. The minimum atomic E-state index is -1.20. The Hall–Kier alpha value is -2.47. The summed E-state index contributed by atoms with van der Waals surface area (Å²) < 4.78 is 31.7. The Morgan fingerprint density at radius 3 is 2.68 bits per heavy atom. The Balaban J connectivity index is 2.07. The van der Waals surface area contributed by atoms with Crippen LogP contribution in [0.25, 0.3) is 0 Å². The van der Waals surface area contributed by atoms with Crippen molar-refractivity contribution < 1.29 is 23.4 Å². The molecule has 0 fully saturated rings. The second-order valence-corrected chi connectivity index (χ2v) is 4.59. The van der Waals surface area contributed by atoms with Crippen LogP contribution in [0, 0.1) is 11.6 Å². The van der Waals surface area contributed by atoms with Gasteiger partial charge in [0.25, 0.3) is 5.91 Å². The molecule has 2 rings (SSSR count). The van der Waals surface area contributed by atoms with Crippen molar-refractivity contribution in [2.45, 2.75) is 6.10 Å². The zero-order valence-electron chi connectivity index (χ0n) is 11.8. The fourth-order valence-corrected chi connectivity index (χ4v) is 2.00. The number of aliphatic hydroxyl groups excluding tert-OH is 1. The lowest BCUT2D eigenvalue weighted by Crippen LogP contribution is -2.29. The molecule has 6 heteroatoms. The molecule has 0 spiro atoms. The molecule has 4 nitrogen and oxygen atoms in total. The predicted octanol–water partition coefficient (Wildman–Crippen LogP) is 2.44. The number of hydrogen-bond donors (Lipinski definition) is 2. The summed E-state index contributed by atoms with van der Waals surface area (Å²) in [4.78, 5) is 12.0. The van der Waals surface area contributed by atoms with Gasteiger partial charge in [-0.05, 0) is 24.3 Å². The fraction of sp³-hybridized carbons (Fsp3) is 0.188. The van der Waals surface area contributed by atoms with Gasteiger partial charge in [0.05, 0.1) is 18.8 Å². The van der Waals surface area contributed by atoms with E-state index in [2.05, 4.69) is 5.32 Å². The Morgan fingerprint density at radius 1 is 1.27 bits per heavy atom. The van der Waals surface area contributed by atoms with Gasteiger partial charge in [0.1, 0.15) is 17.4 Å². The van der Waals surface area contributed by atoms with E-state index < -0.39 is 23.6 Å². The zero-order chi connectivity index (χ0) is 16.1. The van der Waals surface area contributed by atoms with Crippen LogP contribution >= 0.6 is 0 Å². The number of nitrogens with one attached hydrogen (secondary N) is 1. The molecule has 2 aromatic carbocycles. The molecular weight excluding hydrogens is 292 g/mol. The Labute approximate surface area is 126 Å². The first-order valence-corrected chi connectivity index (χ1v) is 6.57. The van der Waals surface area contributed by atoms with Gasteiger partial charge < -0.3 is 15.2 Å². The van der Waals surface area contributed by atoms with E-state index in [-0.39, 0.29) is 23.4 Å². The van der Waals surface area contributed by atoms with Crippen LogP contribution < -0.4 is 10.1 Å². The van der Waals surface area contributed by atoms with Crippen LogP contribution in [0.2, 0.25) is 0 Å². The SMILES string of the molecule is COc1ccc(F)cc1C(=O)NCC(O)c1ccccc1F. The normalized spacial score (nSPS) is 11.8. The molecule has 0 aliphatic heterocycles. The van der Waals surface area contributed by atoms with Crippen LogP contribution in [0.15, 0.2) is 42.5 Å². The van der Waals surface area contributed by atoms with Gasteiger partial charge in [-0.15, -0.1) is 0 Å². The fourth-order valence-electron chi connectivity index (χ4n) is 2.00. The van der Waals surface area contributed by atoms with E-state index in [1.807, 2.05) is 0 Å². The molecule has 0 aliphatic carbocycles. The quantitative estimate of drug-likeness (QED) is 0.892. The Bertz CT molecular complexity index is 676. The molecule has 1 unspecified atom stereocenters. The predicted molar refractivity (Wildman–Crippen MR) is 76.6 cm³/mol. The number of rotatable bonds is 5. The minimum Gasteiger partial charge on any atom is -0.496 e. The van der Waals surface area contributed by atoms with E-state index in [9.17, 15) is 18.7 Å². The van der Waals surface area contributed by atoms with Crippen LogP contribution in [0.5, 0.6) is 5.75 Å². The van der Waals surface area contributed by atoms with Gasteiger partial charge in [0, 0.05) is 12.1 Å². The van der Waals surface area contributed by atoms with Crippen molar-refractivity contribution in [2.75, 3.05) is 13.7 Å². The molecule has 0 aliphatic rings. The molecule has 1 amide bonds. The largest absolute Gasteiger partial charge is 0.496 e. The summed E-state index contributed by atoms with van der Waals surface area (Å²) >= 11 is 0. The summed E-state index contributed by atoms with van der Waals surface area (Å²) in [5, 5.41) is 12.3. The van der Waals surface area contributed by atoms with Crippen LogP contribution in [-0.2, 0) is 0 Å². The molecule has 0 radical (unpaired) electrons. The highest BCUT2D eigenvalue weighted by molar-refractivity contribution is 5.96. The third-order valence-corrected chi connectivity index (χ3v) is 3.13. The van der Waals surface area contributed by atoms with Gasteiger partial charge in [0.15, 0.2) is 0 Å². The van der Waals surface area contributed by atoms with Crippen molar-refractivity contribution in [1.29, 1.82) is 0 Å². The third kappa shape index (κ3) is 3.59. The number of benzene rings is 2. The van der Waals surface area contributed by atoms with Gasteiger partial charge >= 0.3 is 0 Å². The summed E-state index contributed by atoms with van der Waals surface area (Å²) in [5.74, 6) is -1.56. The van der Waals surface area contributed by atoms with Gasteiger partial charge in [0.2, 0.25) is 0 Å². The first-order chi connectivity index (χ1) is 10.5. The molecule has 0 bridgehead atoms. The maximum atomic E-state index is 13.5. The summed E-state index contributed by atoms with van der Waals surface area (Å²) in [6.45, 7) is -0.209. The standard InChI is InChI=1S/C16H15F2NO3/c1-22-15-7-6-10(17)8-12(15)16(21)19-9-14(20)11-4-2-3-5-13(11)18/h2-8,14,20H,9H2,1H3,(H,19,21). The highest BCUT2D eigenvalue weighted by atomic mass is 19.1. The average Bonchev–Trinajstić information content (AvgIpc) is 2.52. The Kier molecular flexibility index (Phi) is 5.06. The second kappa shape index (κ2) is 7.00. The molecule has 0 saturated heterocycles. The summed E-state index contributed by atoms with van der Waals surface area (Å²) in [6.07, 6.45) is -1.20. The first-order valence-electron chi connectivity index (χ1n) is 6.57. The molecule has 116 valence electrons. The summed E-state index contributed by atoms with van der Waals surface area (Å²) in [7, 11) is 1.36. The van der Waals surface area contributed by atoms with Crippen molar-refractivity contribution in [1.82, 2.24) is 5.32 Å². The third-order valence-electron chi connectivity index (χ3n) is 3.13. The van der Waals surface area contributed by atoms with Crippen molar-refractivity contribution in [3.63, 3.8) is 0 Å². The van der Waals surface area contributed by atoms with E-state index in [4.69, 9.17) is 4.74 Å². The highest BCUT2D eigenvalue weighted by Gasteiger charge is 2.17. The van der Waals surface area contributed by atoms with Gasteiger partial charge in [-0.2, -0.15) is 0 Å². The average molecular weight is 307 g/mol. The van der Waals surface area contributed by atoms with E-state index in [0.717, 1.165) is 6.07 Å². The highest BCUT2D eigenvalue weighted by Crippen LogP contribution is 2.20. The lowest BCUT2D eigenvalue weighted by molar-refractivity contribution is 0.0910. The monoisotopic (exact) mass is 307 g/mol. The lowest BCUT2D eigenvalue weighted by atomic mass is 10.1. The first kappa shape index (κ1) is 15.9. The molecule has 2 aromatic rings. The molecule has 0 heterocycles. The number of ether oxygens (including phenoxy) is 1. The van der Waals surface area contributed by atoms with Crippen LogP contribution in [-0.4, -0.2) is 24.7 Å². The topological polar surface area (TPSA) is 58.6 Å². The van der Waals surface area contributed by atoms with Gasteiger partial charge in [-0.3, -0.25) is 4.79 Å². The molecular formula is C16H15F2NO3.